The minimum atomic E-state index is -0.698. The zero-order valence-electron chi connectivity index (χ0n) is 13.1. The molecule has 0 aromatic heterocycles. The first kappa shape index (κ1) is 15.2. The van der Waals surface area contributed by atoms with Crippen molar-refractivity contribution < 1.29 is 9.59 Å². The van der Waals surface area contributed by atoms with Crippen molar-refractivity contribution in [2.45, 2.75) is 25.8 Å². The van der Waals surface area contributed by atoms with Crippen molar-refractivity contribution in [3.8, 4) is 11.1 Å². The van der Waals surface area contributed by atoms with E-state index in [1.165, 1.54) is 5.01 Å². The number of benzene rings is 2. The third-order valence-corrected chi connectivity index (χ3v) is 4.09. The summed E-state index contributed by atoms with van der Waals surface area (Å²) >= 11 is 0. The van der Waals surface area contributed by atoms with Crippen molar-refractivity contribution in [3.63, 3.8) is 0 Å². The fourth-order valence-corrected chi connectivity index (χ4v) is 2.79. The van der Waals surface area contributed by atoms with Gasteiger partial charge in [0.2, 0.25) is 0 Å². The molecular formula is C18H19N3O2. The molecule has 0 bridgehead atoms. The van der Waals surface area contributed by atoms with E-state index in [-0.39, 0.29) is 11.8 Å². The Balaban J connectivity index is 2.17. The zero-order chi connectivity index (χ0) is 16.6. The minimum Gasteiger partial charge on any atom is -0.320 e. The van der Waals surface area contributed by atoms with Gasteiger partial charge in [-0.1, -0.05) is 42.5 Å². The number of nitrogens with zero attached hydrogens (tertiary/aromatic N) is 1. The van der Waals surface area contributed by atoms with Crippen LogP contribution in [0.4, 0.5) is 5.69 Å². The molecule has 1 unspecified atom stereocenters. The topological polar surface area (TPSA) is 75.4 Å². The Morgan fingerprint density at radius 3 is 2.43 bits per heavy atom. The molecule has 5 heteroatoms. The summed E-state index contributed by atoms with van der Waals surface area (Å²) in [5, 5.41) is 1.33. The van der Waals surface area contributed by atoms with E-state index >= 15 is 0 Å². The molecule has 3 rings (SSSR count). The molecule has 0 saturated carbocycles. The monoisotopic (exact) mass is 309 g/mol. The fourth-order valence-electron chi connectivity index (χ4n) is 2.79. The average molecular weight is 309 g/mol. The first-order valence-electron chi connectivity index (χ1n) is 7.59. The van der Waals surface area contributed by atoms with E-state index < -0.39 is 11.9 Å². The number of nitrogens with two attached hydrogens (primary N) is 1. The van der Waals surface area contributed by atoms with Gasteiger partial charge in [-0.3, -0.25) is 15.0 Å². The Kier molecular flexibility index (Phi) is 3.88. The Bertz CT molecular complexity index is 770. The number of nitrogens with one attached hydrogen (secondary N) is 1. The molecule has 1 heterocycles. The molecule has 0 fully saturated rings. The van der Waals surface area contributed by atoms with E-state index in [1.54, 1.807) is 6.92 Å². The van der Waals surface area contributed by atoms with E-state index in [4.69, 9.17) is 5.73 Å². The van der Waals surface area contributed by atoms with Gasteiger partial charge in [-0.15, -0.1) is 0 Å². The SMILES string of the molecule is CC1C(=O)N(NC(=O)[C@H](C)N)c2ccccc2-c2ccccc21. The molecule has 0 aliphatic carbocycles. The van der Waals surface area contributed by atoms with E-state index in [0.717, 1.165) is 16.7 Å². The van der Waals surface area contributed by atoms with Crippen molar-refractivity contribution >= 4 is 17.5 Å². The summed E-state index contributed by atoms with van der Waals surface area (Å²) in [6, 6.07) is 14.6. The van der Waals surface area contributed by atoms with E-state index in [2.05, 4.69) is 5.43 Å². The number of rotatable bonds is 2. The van der Waals surface area contributed by atoms with Gasteiger partial charge in [-0.2, -0.15) is 0 Å². The van der Waals surface area contributed by atoms with E-state index in [0.29, 0.717) is 5.69 Å². The third kappa shape index (κ3) is 2.59. The van der Waals surface area contributed by atoms with Crippen molar-refractivity contribution in [1.82, 2.24) is 5.43 Å². The summed E-state index contributed by atoms with van der Waals surface area (Å²) in [5.74, 6) is -0.949. The number of hydrogen-bond acceptors (Lipinski definition) is 3. The zero-order valence-corrected chi connectivity index (χ0v) is 13.1. The highest BCUT2D eigenvalue weighted by Gasteiger charge is 2.32. The average Bonchev–Trinajstić information content (AvgIpc) is 2.65. The molecule has 0 saturated heterocycles. The molecular weight excluding hydrogens is 290 g/mol. The van der Waals surface area contributed by atoms with Gasteiger partial charge in [0.15, 0.2) is 0 Å². The highest BCUT2D eigenvalue weighted by molar-refractivity contribution is 6.06. The number of fused-ring (bicyclic) bond motifs is 3. The predicted octanol–water partition coefficient (Wildman–Crippen LogP) is 2.18. The standard InChI is InChI=1S/C18H19N3O2/c1-11-13-7-3-4-8-14(13)15-9-5-6-10-16(15)21(18(11)23)20-17(22)12(2)19/h3-12H,19H2,1-2H3,(H,20,22)/t11?,12-/m0/s1. The lowest BCUT2D eigenvalue weighted by atomic mass is 9.92. The first-order chi connectivity index (χ1) is 11.0. The third-order valence-electron chi connectivity index (χ3n) is 4.09. The molecule has 0 spiro atoms. The molecule has 5 nitrogen and oxygen atoms in total. The van der Waals surface area contributed by atoms with Gasteiger partial charge < -0.3 is 5.73 Å². The van der Waals surface area contributed by atoms with Gasteiger partial charge in [0.1, 0.15) is 0 Å². The molecule has 23 heavy (non-hydrogen) atoms. The molecule has 2 aromatic carbocycles. The molecule has 118 valence electrons. The van der Waals surface area contributed by atoms with E-state index in [9.17, 15) is 9.59 Å². The number of hydrogen-bond donors (Lipinski definition) is 2. The van der Waals surface area contributed by atoms with Crippen molar-refractivity contribution in [2.24, 2.45) is 5.73 Å². The molecule has 0 radical (unpaired) electrons. The maximum Gasteiger partial charge on any atom is 0.255 e. The number of hydrazine groups is 1. The largest absolute Gasteiger partial charge is 0.320 e. The maximum absolute atomic E-state index is 12.9. The lowest BCUT2D eigenvalue weighted by molar-refractivity contribution is -0.127. The fraction of sp³-hybridized carbons (Fsp3) is 0.222. The first-order valence-corrected chi connectivity index (χ1v) is 7.59. The highest BCUT2D eigenvalue weighted by atomic mass is 16.2. The predicted molar refractivity (Wildman–Crippen MR) is 89.6 cm³/mol. The molecule has 2 aromatic rings. The molecule has 1 aliphatic rings. The highest BCUT2D eigenvalue weighted by Crippen LogP contribution is 2.39. The van der Waals surface area contributed by atoms with Crippen LogP contribution in [0.5, 0.6) is 0 Å². The Morgan fingerprint density at radius 2 is 1.74 bits per heavy atom. The normalized spacial score (nSPS) is 17.8. The summed E-state index contributed by atoms with van der Waals surface area (Å²) in [7, 11) is 0. The molecule has 3 N–H and O–H groups in total. The van der Waals surface area contributed by atoms with Crippen LogP contribution in [0, 0.1) is 0 Å². The summed E-state index contributed by atoms with van der Waals surface area (Å²) in [6.07, 6.45) is 0. The lowest BCUT2D eigenvalue weighted by Gasteiger charge is -2.26. The second-order valence-electron chi connectivity index (χ2n) is 5.76. The lowest BCUT2D eigenvalue weighted by Crippen LogP contribution is -2.52. The number of para-hydroxylation sites is 1. The van der Waals surface area contributed by atoms with Crippen LogP contribution in [0.2, 0.25) is 0 Å². The smallest absolute Gasteiger partial charge is 0.255 e. The van der Waals surface area contributed by atoms with Gasteiger partial charge in [0.05, 0.1) is 17.6 Å². The summed E-state index contributed by atoms with van der Waals surface area (Å²) in [5.41, 5.74) is 11.8. The summed E-state index contributed by atoms with van der Waals surface area (Å²) < 4.78 is 0. The number of carbonyl (C=O) groups excluding carboxylic acids is 2. The van der Waals surface area contributed by atoms with Gasteiger partial charge in [-0.05, 0) is 31.0 Å². The van der Waals surface area contributed by atoms with Crippen LogP contribution in [-0.2, 0) is 9.59 Å². The van der Waals surface area contributed by atoms with Gasteiger partial charge in [0, 0.05) is 5.56 Å². The minimum absolute atomic E-state index is 0.184. The maximum atomic E-state index is 12.9. The second-order valence-corrected chi connectivity index (χ2v) is 5.76. The Labute approximate surface area is 135 Å². The van der Waals surface area contributed by atoms with Crippen LogP contribution in [0.3, 0.4) is 0 Å². The molecule has 2 amide bonds. The van der Waals surface area contributed by atoms with Crippen LogP contribution < -0.4 is 16.2 Å². The van der Waals surface area contributed by atoms with Crippen LogP contribution in [0.25, 0.3) is 11.1 Å². The van der Waals surface area contributed by atoms with Gasteiger partial charge in [-0.25, -0.2) is 5.01 Å². The van der Waals surface area contributed by atoms with Crippen molar-refractivity contribution in [1.29, 1.82) is 0 Å². The van der Waals surface area contributed by atoms with Crippen LogP contribution >= 0.6 is 0 Å². The Morgan fingerprint density at radius 1 is 1.13 bits per heavy atom. The van der Waals surface area contributed by atoms with Crippen LogP contribution in [0.15, 0.2) is 48.5 Å². The molecule has 1 aliphatic heterocycles. The molecule has 2 atom stereocenters. The van der Waals surface area contributed by atoms with Gasteiger partial charge in [0.25, 0.3) is 11.8 Å². The van der Waals surface area contributed by atoms with Crippen LogP contribution in [0.1, 0.15) is 25.3 Å². The number of anilines is 1. The van der Waals surface area contributed by atoms with Crippen LogP contribution in [-0.4, -0.2) is 17.9 Å². The quantitative estimate of drug-likeness (QED) is 0.893. The number of amides is 2. The van der Waals surface area contributed by atoms with Gasteiger partial charge >= 0.3 is 0 Å². The summed E-state index contributed by atoms with van der Waals surface area (Å²) in [6.45, 7) is 3.43. The van der Waals surface area contributed by atoms with Crippen molar-refractivity contribution in [2.75, 3.05) is 5.01 Å². The Hall–Kier alpha value is -2.66. The second kappa shape index (κ2) is 5.85. The van der Waals surface area contributed by atoms with Crippen molar-refractivity contribution in [3.05, 3.63) is 54.1 Å². The van der Waals surface area contributed by atoms with E-state index in [1.807, 2.05) is 55.5 Å². The summed E-state index contributed by atoms with van der Waals surface area (Å²) in [4.78, 5) is 24.9. The number of carbonyl (C=O) groups is 2.